The molecular weight excluding hydrogens is 325 g/mol. The van der Waals surface area contributed by atoms with Crippen LogP contribution in [0.25, 0.3) is 0 Å². The highest BCUT2D eigenvalue weighted by atomic mass is 35.5. The molecule has 0 saturated carbocycles. The number of sulfonamides is 1. The molecule has 8 heteroatoms. The lowest BCUT2D eigenvalue weighted by Gasteiger charge is -2.30. The highest BCUT2D eigenvalue weighted by molar-refractivity contribution is 7.89. The van der Waals surface area contributed by atoms with Gasteiger partial charge < -0.3 is 5.11 Å². The molecule has 0 aliphatic carbocycles. The minimum absolute atomic E-state index is 0.0355. The molecule has 0 unspecified atom stereocenters. The first-order valence-electron chi connectivity index (χ1n) is 6.01. The van der Waals surface area contributed by atoms with Crippen LogP contribution < -0.4 is 0 Å². The van der Waals surface area contributed by atoms with E-state index in [0.29, 0.717) is 12.8 Å². The Labute approximate surface area is 127 Å². The van der Waals surface area contributed by atoms with Gasteiger partial charge in [0.25, 0.3) is 0 Å². The van der Waals surface area contributed by atoms with Crippen molar-refractivity contribution in [3.63, 3.8) is 0 Å². The van der Waals surface area contributed by atoms with Crippen molar-refractivity contribution in [3.8, 4) is 0 Å². The van der Waals surface area contributed by atoms with Gasteiger partial charge >= 0.3 is 5.97 Å². The molecule has 1 aromatic rings. The van der Waals surface area contributed by atoms with Crippen LogP contribution in [0.3, 0.4) is 0 Å². The van der Waals surface area contributed by atoms with Crippen molar-refractivity contribution in [2.24, 2.45) is 5.92 Å². The summed E-state index contributed by atoms with van der Waals surface area (Å²) in [5.41, 5.74) is 0. The van der Waals surface area contributed by atoms with Gasteiger partial charge in [0.05, 0.1) is 16.0 Å². The maximum absolute atomic E-state index is 12.5. The Kier molecular flexibility index (Phi) is 4.59. The largest absolute Gasteiger partial charge is 0.481 e. The maximum atomic E-state index is 12.5. The van der Waals surface area contributed by atoms with Crippen LogP contribution in [0.5, 0.6) is 0 Å². The molecule has 1 saturated heterocycles. The summed E-state index contributed by atoms with van der Waals surface area (Å²) in [6.07, 6.45) is 0.985. The molecule has 0 spiro atoms. The van der Waals surface area contributed by atoms with Crippen molar-refractivity contribution < 1.29 is 18.3 Å². The summed E-state index contributed by atoms with van der Waals surface area (Å²) < 4.78 is 26.2. The summed E-state index contributed by atoms with van der Waals surface area (Å²) in [7, 11) is -3.83. The van der Waals surface area contributed by atoms with Crippen molar-refractivity contribution in [2.75, 3.05) is 13.1 Å². The molecule has 0 bridgehead atoms. The summed E-state index contributed by atoms with van der Waals surface area (Å²) in [5, 5.41) is 9.14. The first-order valence-corrected chi connectivity index (χ1v) is 8.20. The summed E-state index contributed by atoms with van der Waals surface area (Å²) in [6, 6.07) is 4.37. The number of aliphatic carboxylic acids is 1. The normalized spacial score (nSPS) is 20.8. The Morgan fingerprint density at radius 2 is 2.05 bits per heavy atom. The smallest absolute Gasteiger partial charge is 0.307 e. The highest BCUT2D eigenvalue weighted by Gasteiger charge is 2.34. The van der Waals surface area contributed by atoms with Crippen LogP contribution in [0.2, 0.25) is 10.0 Å². The Morgan fingerprint density at radius 1 is 1.35 bits per heavy atom. The van der Waals surface area contributed by atoms with E-state index < -0.39 is 21.9 Å². The Bertz CT molecular complexity index is 632. The fourth-order valence-corrected chi connectivity index (χ4v) is 4.44. The van der Waals surface area contributed by atoms with E-state index in [1.165, 1.54) is 18.2 Å². The second-order valence-corrected chi connectivity index (χ2v) is 7.28. The molecule has 0 aromatic heterocycles. The van der Waals surface area contributed by atoms with E-state index in [1.807, 2.05) is 0 Å². The summed E-state index contributed by atoms with van der Waals surface area (Å²) in [4.78, 5) is 10.9. The zero-order chi connectivity index (χ0) is 14.9. The molecule has 1 aliphatic heterocycles. The average Bonchev–Trinajstić information content (AvgIpc) is 2.41. The fourth-order valence-electron chi connectivity index (χ4n) is 2.18. The SMILES string of the molecule is O=C(O)[C@@H]1CCCN(S(=O)(=O)c2cccc(Cl)c2Cl)C1. The third-order valence-corrected chi connectivity index (χ3v) is 6.11. The number of nitrogens with zero attached hydrogens (tertiary/aromatic N) is 1. The van der Waals surface area contributed by atoms with E-state index in [-0.39, 0.29) is 28.0 Å². The van der Waals surface area contributed by atoms with E-state index in [1.54, 1.807) is 0 Å². The van der Waals surface area contributed by atoms with Gasteiger partial charge in [0.15, 0.2) is 0 Å². The molecule has 0 radical (unpaired) electrons. The second kappa shape index (κ2) is 5.89. The van der Waals surface area contributed by atoms with E-state index in [2.05, 4.69) is 0 Å². The number of piperidine rings is 1. The lowest BCUT2D eigenvalue weighted by atomic mass is 10.0. The maximum Gasteiger partial charge on any atom is 0.307 e. The minimum atomic E-state index is -3.83. The summed E-state index contributed by atoms with van der Waals surface area (Å²) in [5.74, 6) is -1.67. The van der Waals surface area contributed by atoms with Crippen LogP contribution in [-0.2, 0) is 14.8 Å². The highest BCUT2D eigenvalue weighted by Crippen LogP contribution is 2.32. The quantitative estimate of drug-likeness (QED) is 0.919. The molecule has 20 heavy (non-hydrogen) atoms. The lowest BCUT2D eigenvalue weighted by Crippen LogP contribution is -2.42. The van der Waals surface area contributed by atoms with Crippen molar-refractivity contribution in [3.05, 3.63) is 28.2 Å². The van der Waals surface area contributed by atoms with Gasteiger partial charge in [-0.2, -0.15) is 4.31 Å². The molecule has 1 heterocycles. The van der Waals surface area contributed by atoms with Crippen LogP contribution in [0.1, 0.15) is 12.8 Å². The van der Waals surface area contributed by atoms with E-state index in [4.69, 9.17) is 28.3 Å². The Morgan fingerprint density at radius 3 is 2.70 bits per heavy atom. The van der Waals surface area contributed by atoms with Gasteiger partial charge in [0.1, 0.15) is 4.90 Å². The molecule has 1 N–H and O–H groups in total. The van der Waals surface area contributed by atoms with Crippen molar-refractivity contribution >= 4 is 39.2 Å². The van der Waals surface area contributed by atoms with Gasteiger partial charge in [-0.1, -0.05) is 29.3 Å². The zero-order valence-electron chi connectivity index (χ0n) is 10.4. The van der Waals surface area contributed by atoms with Gasteiger partial charge in [-0.3, -0.25) is 4.79 Å². The van der Waals surface area contributed by atoms with Crippen molar-refractivity contribution in [1.29, 1.82) is 0 Å². The number of halogens is 2. The minimum Gasteiger partial charge on any atom is -0.481 e. The third-order valence-electron chi connectivity index (χ3n) is 3.27. The monoisotopic (exact) mass is 337 g/mol. The number of carbonyl (C=O) groups is 1. The molecule has 0 amide bonds. The van der Waals surface area contributed by atoms with Crippen LogP contribution in [0, 0.1) is 5.92 Å². The molecule has 2 rings (SSSR count). The number of benzene rings is 1. The first kappa shape index (κ1) is 15.6. The molecule has 110 valence electrons. The van der Waals surface area contributed by atoms with Gasteiger partial charge in [-0.05, 0) is 25.0 Å². The van der Waals surface area contributed by atoms with Gasteiger partial charge in [-0.15, -0.1) is 0 Å². The average molecular weight is 338 g/mol. The molecule has 1 atom stereocenters. The zero-order valence-corrected chi connectivity index (χ0v) is 12.7. The third kappa shape index (κ3) is 2.93. The number of hydrogen-bond donors (Lipinski definition) is 1. The standard InChI is InChI=1S/C12H13Cl2NO4S/c13-9-4-1-5-10(11(9)14)20(18,19)15-6-2-3-8(7-15)12(16)17/h1,4-5,8H,2-3,6-7H2,(H,16,17)/t8-/m1/s1. The Hall–Kier alpha value is -0.820. The Balaban J connectivity index is 2.35. The predicted octanol–water partition coefficient (Wildman–Crippen LogP) is 2.48. The molecule has 1 aromatic carbocycles. The van der Waals surface area contributed by atoms with Crippen molar-refractivity contribution in [2.45, 2.75) is 17.7 Å². The lowest BCUT2D eigenvalue weighted by molar-refractivity contribution is -0.142. The number of hydrogen-bond acceptors (Lipinski definition) is 3. The molecule has 1 aliphatic rings. The van der Waals surface area contributed by atoms with Crippen molar-refractivity contribution in [1.82, 2.24) is 4.31 Å². The number of carboxylic acid groups (broad SMARTS) is 1. The fraction of sp³-hybridized carbons (Fsp3) is 0.417. The van der Waals surface area contributed by atoms with E-state index in [0.717, 1.165) is 4.31 Å². The topological polar surface area (TPSA) is 74.7 Å². The molecular formula is C12H13Cl2NO4S. The first-order chi connectivity index (χ1) is 9.34. The van der Waals surface area contributed by atoms with Crippen LogP contribution in [-0.4, -0.2) is 36.9 Å². The van der Waals surface area contributed by atoms with E-state index in [9.17, 15) is 13.2 Å². The van der Waals surface area contributed by atoms with Crippen LogP contribution in [0.15, 0.2) is 23.1 Å². The van der Waals surface area contributed by atoms with Gasteiger partial charge in [0, 0.05) is 13.1 Å². The van der Waals surface area contributed by atoms with Crippen LogP contribution in [0.4, 0.5) is 0 Å². The van der Waals surface area contributed by atoms with Gasteiger partial charge in [0.2, 0.25) is 10.0 Å². The number of carboxylic acids is 1. The molecule has 1 fully saturated rings. The van der Waals surface area contributed by atoms with Gasteiger partial charge in [-0.25, -0.2) is 8.42 Å². The van der Waals surface area contributed by atoms with Crippen LogP contribution >= 0.6 is 23.2 Å². The van der Waals surface area contributed by atoms with E-state index >= 15 is 0 Å². The predicted molar refractivity (Wildman–Crippen MR) is 75.6 cm³/mol. The number of rotatable bonds is 3. The summed E-state index contributed by atoms with van der Waals surface area (Å²) >= 11 is 11.8. The second-order valence-electron chi connectivity index (χ2n) is 4.59. The summed E-state index contributed by atoms with van der Waals surface area (Å²) in [6.45, 7) is 0.246. The molecule has 5 nitrogen and oxygen atoms in total.